The van der Waals surface area contributed by atoms with Crippen LogP contribution in [0, 0.1) is 15.5 Å². The largest absolute Gasteiger partial charge is 0.481 e. The third-order valence-corrected chi connectivity index (χ3v) is 3.70. The summed E-state index contributed by atoms with van der Waals surface area (Å²) in [5, 5.41) is 23.7. The van der Waals surface area contributed by atoms with Crippen molar-refractivity contribution in [1.29, 1.82) is 0 Å². The van der Waals surface area contributed by atoms with Crippen molar-refractivity contribution >= 4 is 23.3 Å². The minimum Gasteiger partial charge on any atom is -0.481 e. The van der Waals surface area contributed by atoms with Gasteiger partial charge in [0.05, 0.1) is 10.3 Å². The lowest BCUT2D eigenvalue weighted by Crippen LogP contribution is -2.35. The zero-order chi connectivity index (χ0) is 14.0. The van der Waals surface area contributed by atoms with Gasteiger partial charge in [0.2, 0.25) is 0 Å². The van der Waals surface area contributed by atoms with Gasteiger partial charge in [0.15, 0.2) is 0 Å². The Kier molecular flexibility index (Phi) is 3.73. The summed E-state index contributed by atoms with van der Waals surface area (Å²) < 4.78 is 0. The topological polar surface area (TPSA) is 92.5 Å². The number of rotatable bonds is 4. The van der Waals surface area contributed by atoms with Gasteiger partial charge in [-0.05, 0) is 31.5 Å². The number of carboxylic acids is 1. The van der Waals surface area contributed by atoms with Crippen LogP contribution < -0.4 is 5.32 Å². The van der Waals surface area contributed by atoms with Gasteiger partial charge in [0.25, 0.3) is 5.69 Å². The SMILES string of the molecule is O=C(O)C1(Cc2cc(Cl)ccc2[N+](=O)[O-])CCNC1. The number of nitro groups is 1. The molecular weight excluding hydrogens is 272 g/mol. The Hall–Kier alpha value is -1.66. The summed E-state index contributed by atoms with van der Waals surface area (Å²) in [6, 6.07) is 4.22. The van der Waals surface area contributed by atoms with Crippen LogP contribution in [0.15, 0.2) is 18.2 Å². The minimum atomic E-state index is -0.991. The molecule has 19 heavy (non-hydrogen) atoms. The standard InChI is InChI=1S/C12H13ClN2O4/c13-9-1-2-10(15(18)19)8(5-9)6-12(11(16)17)3-4-14-7-12/h1-2,5,14H,3-4,6-7H2,(H,16,17). The lowest BCUT2D eigenvalue weighted by atomic mass is 9.80. The van der Waals surface area contributed by atoms with E-state index >= 15 is 0 Å². The van der Waals surface area contributed by atoms with Gasteiger partial charge in [-0.25, -0.2) is 0 Å². The van der Waals surface area contributed by atoms with E-state index in [1.54, 1.807) is 0 Å². The van der Waals surface area contributed by atoms with E-state index in [1.165, 1.54) is 18.2 Å². The molecule has 2 rings (SSSR count). The van der Waals surface area contributed by atoms with Crippen LogP contribution in [0.4, 0.5) is 5.69 Å². The van der Waals surface area contributed by atoms with Crippen LogP contribution in [0.2, 0.25) is 5.02 Å². The fourth-order valence-electron chi connectivity index (χ4n) is 2.39. The average Bonchev–Trinajstić information content (AvgIpc) is 2.78. The average molecular weight is 285 g/mol. The van der Waals surface area contributed by atoms with Gasteiger partial charge < -0.3 is 10.4 Å². The number of carbonyl (C=O) groups is 1. The van der Waals surface area contributed by atoms with Crippen LogP contribution in [0.25, 0.3) is 0 Å². The highest BCUT2D eigenvalue weighted by atomic mass is 35.5. The van der Waals surface area contributed by atoms with Crippen molar-refractivity contribution in [1.82, 2.24) is 5.32 Å². The molecule has 1 atom stereocenters. The minimum absolute atomic E-state index is 0.0862. The molecule has 0 aliphatic carbocycles. The molecule has 102 valence electrons. The van der Waals surface area contributed by atoms with E-state index in [-0.39, 0.29) is 12.1 Å². The molecule has 1 heterocycles. The maximum atomic E-state index is 11.5. The Morgan fingerprint density at radius 2 is 2.32 bits per heavy atom. The lowest BCUT2D eigenvalue weighted by molar-refractivity contribution is -0.385. The van der Waals surface area contributed by atoms with Crippen LogP contribution in [0.3, 0.4) is 0 Å². The molecule has 0 spiro atoms. The second kappa shape index (κ2) is 5.14. The summed E-state index contributed by atoms with van der Waals surface area (Å²) in [6.07, 6.45) is 0.554. The van der Waals surface area contributed by atoms with Crippen molar-refractivity contribution in [2.24, 2.45) is 5.41 Å². The molecule has 2 N–H and O–H groups in total. The Morgan fingerprint density at radius 3 is 2.84 bits per heavy atom. The monoisotopic (exact) mass is 284 g/mol. The normalized spacial score (nSPS) is 22.4. The predicted molar refractivity (Wildman–Crippen MR) is 69.4 cm³/mol. The number of benzene rings is 1. The molecule has 1 saturated heterocycles. The first-order valence-electron chi connectivity index (χ1n) is 5.81. The Labute approximate surface area is 114 Å². The lowest BCUT2D eigenvalue weighted by Gasteiger charge is -2.22. The van der Waals surface area contributed by atoms with Crippen molar-refractivity contribution < 1.29 is 14.8 Å². The Morgan fingerprint density at radius 1 is 1.58 bits per heavy atom. The summed E-state index contributed by atoms with van der Waals surface area (Å²) in [5.74, 6) is -0.938. The Balaban J connectivity index is 2.39. The van der Waals surface area contributed by atoms with Gasteiger partial charge in [-0.1, -0.05) is 11.6 Å². The first-order chi connectivity index (χ1) is 8.94. The smallest absolute Gasteiger partial charge is 0.311 e. The summed E-state index contributed by atoms with van der Waals surface area (Å²) in [4.78, 5) is 21.9. The van der Waals surface area contributed by atoms with E-state index in [2.05, 4.69) is 5.32 Å². The van der Waals surface area contributed by atoms with Gasteiger partial charge in [0.1, 0.15) is 0 Å². The second-order valence-electron chi connectivity index (χ2n) is 4.72. The second-order valence-corrected chi connectivity index (χ2v) is 5.16. The highest BCUT2D eigenvalue weighted by Crippen LogP contribution is 2.34. The van der Waals surface area contributed by atoms with Crippen molar-refractivity contribution in [2.75, 3.05) is 13.1 Å². The third kappa shape index (κ3) is 2.69. The van der Waals surface area contributed by atoms with Crippen molar-refractivity contribution in [3.05, 3.63) is 38.9 Å². The highest BCUT2D eigenvalue weighted by Gasteiger charge is 2.42. The number of hydrogen-bond acceptors (Lipinski definition) is 4. The molecule has 1 aliphatic rings. The van der Waals surface area contributed by atoms with Crippen LogP contribution in [-0.4, -0.2) is 29.1 Å². The molecule has 0 aromatic heterocycles. The van der Waals surface area contributed by atoms with Crippen molar-refractivity contribution in [3.8, 4) is 0 Å². The van der Waals surface area contributed by atoms with Crippen LogP contribution in [0.1, 0.15) is 12.0 Å². The number of nitro benzene ring substituents is 1. The molecule has 7 heteroatoms. The number of nitrogens with one attached hydrogen (secondary N) is 1. The molecule has 1 aromatic carbocycles. The van der Waals surface area contributed by atoms with E-state index in [1.807, 2.05) is 0 Å². The van der Waals surface area contributed by atoms with Gasteiger partial charge in [-0.3, -0.25) is 14.9 Å². The number of aliphatic carboxylic acids is 1. The molecule has 0 saturated carbocycles. The number of nitrogens with zero attached hydrogens (tertiary/aromatic N) is 1. The molecule has 1 fully saturated rings. The zero-order valence-corrected chi connectivity index (χ0v) is 10.8. The van der Waals surface area contributed by atoms with Crippen molar-refractivity contribution in [2.45, 2.75) is 12.8 Å². The first kappa shape index (κ1) is 13.8. The van der Waals surface area contributed by atoms with E-state index in [0.717, 1.165) is 0 Å². The fraction of sp³-hybridized carbons (Fsp3) is 0.417. The first-order valence-corrected chi connectivity index (χ1v) is 6.19. The molecule has 0 radical (unpaired) electrons. The molecule has 1 unspecified atom stereocenters. The van der Waals surface area contributed by atoms with Crippen LogP contribution >= 0.6 is 11.6 Å². The van der Waals surface area contributed by atoms with Gasteiger partial charge in [0, 0.05) is 23.2 Å². The van der Waals surface area contributed by atoms with E-state index in [0.29, 0.717) is 30.1 Å². The summed E-state index contributed by atoms with van der Waals surface area (Å²) in [6.45, 7) is 0.909. The van der Waals surface area contributed by atoms with Crippen molar-refractivity contribution in [3.63, 3.8) is 0 Å². The highest BCUT2D eigenvalue weighted by molar-refractivity contribution is 6.30. The fourth-order valence-corrected chi connectivity index (χ4v) is 2.59. The number of carboxylic acid groups (broad SMARTS) is 1. The number of halogens is 1. The molecule has 6 nitrogen and oxygen atoms in total. The third-order valence-electron chi connectivity index (χ3n) is 3.46. The van der Waals surface area contributed by atoms with E-state index in [9.17, 15) is 20.0 Å². The van der Waals surface area contributed by atoms with Crippen LogP contribution in [0.5, 0.6) is 0 Å². The zero-order valence-electron chi connectivity index (χ0n) is 10.1. The molecule has 0 bridgehead atoms. The summed E-state index contributed by atoms with van der Waals surface area (Å²) >= 11 is 5.85. The van der Waals surface area contributed by atoms with E-state index in [4.69, 9.17) is 11.6 Å². The predicted octanol–water partition coefficient (Wildman–Crippen LogP) is 1.85. The van der Waals surface area contributed by atoms with Gasteiger partial charge in [-0.2, -0.15) is 0 Å². The maximum absolute atomic E-state index is 11.5. The molecule has 1 aromatic rings. The number of hydrogen-bond donors (Lipinski definition) is 2. The molecule has 0 amide bonds. The van der Waals surface area contributed by atoms with Gasteiger partial charge in [-0.15, -0.1) is 0 Å². The molecule has 1 aliphatic heterocycles. The van der Waals surface area contributed by atoms with E-state index < -0.39 is 16.3 Å². The summed E-state index contributed by atoms with van der Waals surface area (Å²) in [5.41, 5.74) is -0.712. The summed E-state index contributed by atoms with van der Waals surface area (Å²) in [7, 11) is 0. The van der Waals surface area contributed by atoms with Crippen LogP contribution in [-0.2, 0) is 11.2 Å². The molecular formula is C12H13ClN2O4. The van der Waals surface area contributed by atoms with Gasteiger partial charge >= 0.3 is 5.97 Å². The maximum Gasteiger partial charge on any atom is 0.311 e. The Bertz CT molecular complexity index is 526. The quantitative estimate of drug-likeness (QED) is 0.650.